The number of imidazole rings is 1. The molecule has 0 N–H and O–H groups in total. The normalized spacial score (nSPS) is 11.8. The van der Waals surface area contributed by atoms with Crippen molar-refractivity contribution in [3.8, 4) is 5.75 Å². The Kier molecular flexibility index (Phi) is 7.06. The minimum atomic E-state index is -3.50. The van der Waals surface area contributed by atoms with Gasteiger partial charge in [-0.1, -0.05) is 30.3 Å². The van der Waals surface area contributed by atoms with Crippen LogP contribution in [-0.4, -0.2) is 32.0 Å². The van der Waals surface area contributed by atoms with Crippen molar-refractivity contribution in [2.75, 3.05) is 19.0 Å². The Morgan fingerprint density at radius 2 is 1.86 bits per heavy atom. The van der Waals surface area contributed by atoms with E-state index < -0.39 is 10.1 Å². The molecule has 0 aliphatic carbocycles. The first-order valence-electron chi connectivity index (χ1n) is 9.59. The molecule has 0 saturated heterocycles. The molecule has 0 fully saturated rings. The first-order valence-corrected chi connectivity index (χ1v) is 11.2. The Bertz CT molecular complexity index is 998. The molecule has 0 radical (unpaired) electrons. The van der Waals surface area contributed by atoms with Gasteiger partial charge in [0, 0.05) is 12.8 Å². The van der Waals surface area contributed by atoms with Crippen molar-refractivity contribution < 1.29 is 21.9 Å². The van der Waals surface area contributed by atoms with E-state index >= 15 is 0 Å². The van der Waals surface area contributed by atoms with E-state index in [1.165, 1.54) is 0 Å². The summed E-state index contributed by atoms with van der Waals surface area (Å²) in [6.07, 6.45) is 6.92. The lowest BCUT2D eigenvalue weighted by molar-refractivity contribution is -0.696. The summed E-state index contributed by atoms with van der Waals surface area (Å²) in [6.45, 7) is 4.16. The highest BCUT2D eigenvalue weighted by molar-refractivity contribution is 7.86. The summed E-state index contributed by atoms with van der Waals surface area (Å²) in [6, 6.07) is 14.0. The van der Waals surface area contributed by atoms with Crippen LogP contribution < -0.4 is 9.30 Å². The second-order valence-corrected chi connectivity index (χ2v) is 8.39. The Hall–Kier alpha value is -2.38. The second kappa shape index (κ2) is 9.71. The Labute approximate surface area is 166 Å². The maximum atomic E-state index is 12.0. The zero-order valence-electron chi connectivity index (χ0n) is 16.2. The van der Waals surface area contributed by atoms with Crippen molar-refractivity contribution in [3.63, 3.8) is 0 Å². The molecule has 0 bridgehead atoms. The van der Waals surface area contributed by atoms with E-state index in [9.17, 15) is 8.42 Å². The number of ether oxygens (including phenoxy) is 1. The van der Waals surface area contributed by atoms with Crippen LogP contribution in [0, 0.1) is 0 Å². The van der Waals surface area contributed by atoms with E-state index in [-0.39, 0.29) is 12.4 Å². The lowest BCUT2D eigenvalue weighted by atomic mass is 10.1. The Balaban J connectivity index is 1.34. The van der Waals surface area contributed by atoms with Crippen LogP contribution >= 0.6 is 0 Å². The van der Waals surface area contributed by atoms with Crippen molar-refractivity contribution in [1.29, 1.82) is 0 Å². The quantitative estimate of drug-likeness (QED) is 0.280. The predicted molar refractivity (Wildman–Crippen MR) is 109 cm³/mol. The van der Waals surface area contributed by atoms with Crippen LogP contribution in [0.25, 0.3) is 10.8 Å². The van der Waals surface area contributed by atoms with Gasteiger partial charge in [-0.2, -0.15) is 8.42 Å². The Morgan fingerprint density at radius 1 is 1.04 bits per heavy atom. The monoisotopic (exact) mass is 403 g/mol. The number of nitrogens with zero attached hydrogens (tertiary/aromatic N) is 2. The maximum absolute atomic E-state index is 12.0. The number of fused-ring (bicyclic) bond motifs is 1. The predicted octanol–water partition coefficient (Wildman–Crippen LogP) is 3.15. The van der Waals surface area contributed by atoms with Crippen molar-refractivity contribution in [3.05, 3.63) is 61.2 Å². The van der Waals surface area contributed by atoms with Gasteiger partial charge in [0.25, 0.3) is 10.1 Å². The van der Waals surface area contributed by atoms with Crippen LogP contribution in [-0.2, 0) is 27.4 Å². The highest BCUT2D eigenvalue weighted by atomic mass is 32.2. The van der Waals surface area contributed by atoms with E-state index in [2.05, 4.69) is 13.0 Å². The highest BCUT2D eigenvalue weighted by Crippen LogP contribution is 2.20. The van der Waals surface area contributed by atoms with Crippen LogP contribution in [0.2, 0.25) is 0 Å². The highest BCUT2D eigenvalue weighted by Gasteiger charge is 2.12. The van der Waals surface area contributed by atoms with Crippen molar-refractivity contribution >= 4 is 20.9 Å². The molecule has 0 amide bonds. The van der Waals surface area contributed by atoms with Gasteiger partial charge >= 0.3 is 0 Å². The van der Waals surface area contributed by atoms with Gasteiger partial charge in [-0.25, -0.2) is 9.13 Å². The van der Waals surface area contributed by atoms with Crippen molar-refractivity contribution in [1.82, 2.24) is 4.57 Å². The molecule has 0 aliphatic rings. The molecule has 7 heteroatoms. The summed E-state index contributed by atoms with van der Waals surface area (Å²) >= 11 is 0. The molecule has 6 nitrogen and oxygen atoms in total. The number of hydrogen-bond donors (Lipinski definition) is 0. The summed E-state index contributed by atoms with van der Waals surface area (Å²) in [4.78, 5) is 0. The summed E-state index contributed by atoms with van der Waals surface area (Å²) in [5.74, 6) is 0.792. The topological polar surface area (TPSA) is 61.4 Å². The van der Waals surface area contributed by atoms with Gasteiger partial charge in [0.1, 0.15) is 18.1 Å². The molecular weight excluding hydrogens is 376 g/mol. The largest absolute Gasteiger partial charge is 0.493 e. The molecule has 0 spiro atoms. The van der Waals surface area contributed by atoms with Gasteiger partial charge in [0.15, 0.2) is 0 Å². The third-order valence-corrected chi connectivity index (χ3v) is 5.78. The molecule has 0 aliphatic heterocycles. The molecule has 0 saturated carbocycles. The van der Waals surface area contributed by atoms with Crippen LogP contribution in [0.1, 0.15) is 19.8 Å². The molecular formula is C21H27N2O4S+. The van der Waals surface area contributed by atoms with Crippen LogP contribution in [0.5, 0.6) is 5.75 Å². The van der Waals surface area contributed by atoms with Gasteiger partial charge in [-0.05, 0) is 29.8 Å². The average molecular weight is 404 g/mol. The SMILES string of the molecule is CCn1cc[n+](CCCS(=O)(=O)OCCCOc2ccc3ccccc3c2)c1. The van der Waals surface area contributed by atoms with E-state index in [4.69, 9.17) is 8.92 Å². The lowest BCUT2D eigenvalue weighted by Gasteiger charge is -2.08. The second-order valence-electron chi connectivity index (χ2n) is 6.63. The van der Waals surface area contributed by atoms with E-state index in [1.807, 2.05) is 64.3 Å². The summed E-state index contributed by atoms with van der Waals surface area (Å²) < 4.78 is 38.8. The zero-order chi connectivity index (χ0) is 19.8. The van der Waals surface area contributed by atoms with Crippen molar-refractivity contribution in [2.24, 2.45) is 0 Å². The molecule has 3 aromatic rings. The maximum Gasteiger partial charge on any atom is 0.267 e. The minimum Gasteiger partial charge on any atom is -0.493 e. The average Bonchev–Trinajstić information content (AvgIpc) is 3.15. The fourth-order valence-corrected chi connectivity index (χ4v) is 3.91. The molecule has 2 aromatic carbocycles. The molecule has 150 valence electrons. The minimum absolute atomic E-state index is 0.0167. The molecule has 0 unspecified atom stereocenters. The van der Waals surface area contributed by atoms with E-state index in [0.717, 1.165) is 23.1 Å². The first kappa shape index (κ1) is 20.4. The van der Waals surface area contributed by atoms with Crippen LogP contribution in [0.4, 0.5) is 0 Å². The number of hydrogen-bond acceptors (Lipinski definition) is 4. The fourth-order valence-electron chi connectivity index (χ4n) is 2.93. The molecule has 3 rings (SSSR count). The number of benzene rings is 2. The number of rotatable bonds is 11. The van der Waals surface area contributed by atoms with Gasteiger partial charge in [0.2, 0.25) is 6.33 Å². The third-order valence-electron chi connectivity index (χ3n) is 4.46. The van der Waals surface area contributed by atoms with Gasteiger partial charge in [-0.3, -0.25) is 4.18 Å². The van der Waals surface area contributed by atoms with Gasteiger partial charge < -0.3 is 4.74 Å². The van der Waals surface area contributed by atoms with Crippen LogP contribution in [0.15, 0.2) is 61.2 Å². The van der Waals surface area contributed by atoms with Gasteiger partial charge in [0.05, 0.1) is 32.1 Å². The number of aromatic nitrogens is 2. The summed E-state index contributed by atoms with van der Waals surface area (Å²) in [7, 11) is -3.50. The molecule has 1 heterocycles. The third kappa shape index (κ3) is 6.07. The lowest BCUT2D eigenvalue weighted by Crippen LogP contribution is -2.32. The smallest absolute Gasteiger partial charge is 0.267 e. The molecule has 28 heavy (non-hydrogen) atoms. The standard InChI is InChI=1S/C21H27N2O4S/c1-2-22-12-13-23(18-22)11-5-16-28(24,25)27-15-6-14-26-21-10-9-19-7-3-4-8-20(19)17-21/h3-4,7-10,12-13,17-18H,2,5-6,11,14-16H2,1H3/q+1. The Morgan fingerprint density at radius 3 is 2.64 bits per heavy atom. The first-order chi connectivity index (χ1) is 13.6. The molecule has 0 atom stereocenters. The van der Waals surface area contributed by atoms with E-state index in [1.54, 1.807) is 0 Å². The fraction of sp³-hybridized carbons (Fsp3) is 0.381. The molecule has 1 aromatic heterocycles. The van der Waals surface area contributed by atoms with E-state index in [0.29, 0.717) is 26.0 Å². The zero-order valence-corrected chi connectivity index (χ0v) is 17.0. The summed E-state index contributed by atoms with van der Waals surface area (Å²) in [5.41, 5.74) is 0. The van der Waals surface area contributed by atoms with Crippen LogP contribution in [0.3, 0.4) is 0 Å². The summed E-state index contributed by atoms with van der Waals surface area (Å²) in [5, 5.41) is 2.28. The number of aryl methyl sites for hydroxylation is 2. The van der Waals surface area contributed by atoms with Crippen molar-refractivity contribution in [2.45, 2.75) is 32.9 Å². The van der Waals surface area contributed by atoms with Gasteiger partial charge in [-0.15, -0.1) is 0 Å².